The van der Waals surface area contributed by atoms with Gasteiger partial charge in [-0.2, -0.15) is 4.31 Å². The summed E-state index contributed by atoms with van der Waals surface area (Å²) in [6.07, 6.45) is 0. The molecule has 0 aliphatic carbocycles. The van der Waals surface area contributed by atoms with E-state index >= 15 is 0 Å². The lowest BCUT2D eigenvalue weighted by molar-refractivity contribution is 0.0526. The molecule has 1 N–H and O–H groups in total. The fourth-order valence-corrected chi connectivity index (χ4v) is 4.67. The van der Waals surface area contributed by atoms with E-state index in [0.717, 1.165) is 0 Å². The maximum Gasteiger partial charge on any atom is 0.338 e. The van der Waals surface area contributed by atoms with E-state index in [4.69, 9.17) is 4.74 Å². The second-order valence-electron chi connectivity index (χ2n) is 5.80. The van der Waals surface area contributed by atoms with Crippen LogP contribution in [0.25, 0.3) is 0 Å². The van der Waals surface area contributed by atoms with E-state index in [1.807, 2.05) is 13.8 Å². The maximum atomic E-state index is 13.0. The minimum absolute atomic E-state index is 0.0760. The van der Waals surface area contributed by atoms with Crippen LogP contribution in [0, 0.1) is 6.92 Å². The van der Waals surface area contributed by atoms with Crippen molar-refractivity contribution in [2.45, 2.75) is 44.7 Å². The summed E-state index contributed by atoms with van der Waals surface area (Å²) in [5.74, 6) is -0.509. The maximum absolute atomic E-state index is 13.0. The molecule has 0 radical (unpaired) electrons. The molecule has 1 aliphatic heterocycles. The fourth-order valence-electron chi connectivity index (χ4n) is 2.71. The van der Waals surface area contributed by atoms with E-state index in [-0.39, 0.29) is 29.1 Å². The van der Waals surface area contributed by atoms with Gasteiger partial charge in [-0.1, -0.05) is 6.07 Å². The Kier molecular flexibility index (Phi) is 5.44. The van der Waals surface area contributed by atoms with Crippen molar-refractivity contribution < 1.29 is 17.9 Å². The van der Waals surface area contributed by atoms with Crippen molar-refractivity contribution in [2.24, 2.45) is 0 Å². The molecule has 23 heavy (non-hydrogen) atoms. The molecule has 0 bridgehead atoms. The number of carbonyl (C=O) groups excluding carboxylic acids is 1. The first-order valence-electron chi connectivity index (χ1n) is 7.82. The highest BCUT2D eigenvalue weighted by Gasteiger charge is 2.35. The van der Waals surface area contributed by atoms with E-state index in [1.54, 1.807) is 26.0 Å². The normalized spacial score (nSPS) is 22.8. The zero-order chi connectivity index (χ0) is 17.2. The quantitative estimate of drug-likeness (QED) is 0.842. The third kappa shape index (κ3) is 3.57. The number of sulfonamides is 1. The molecular formula is C16H24N2O4S. The Balaban J connectivity index is 2.43. The lowest BCUT2D eigenvalue weighted by Crippen LogP contribution is -2.57. The minimum atomic E-state index is -3.66. The van der Waals surface area contributed by atoms with Crippen LogP contribution in [-0.4, -0.2) is 50.5 Å². The highest BCUT2D eigenvalue weighted by atomic mass is 32.2. The van der Waals surface area contributed by atoms with E-state index in [0.29, 0.717) is 18.7 Å². The predicted molar refractivity (Wildman–Crippen MR) is 88.0 cm³/mol. The van der Waals surface area contributed by atoms with Crippen molar-refractivity contribution in [3.05, 3.63) is 29.3 Å². The van der Waals surface area contributed by atoms with Crippen molar-refractivity contribution in [1.82, 2.24) is 9.62 Å². The van der Waals surface area contributed by atoms with Gasteiger partial charge in [0, 0.05) is 25.2 Å². The van der Waals surface area contributed by atoms with Crippen LogP contribution in [0.5, 0.6) is 0 Å². The van der Waals surface area contributed by atoms with Gasteiger partial charge >= 0.3 is 5.97 Å². The van der Waals surface area contributed by atoms with Crippen molar-refractivity contribution in [3.8, 4) is 0 Å². The standard InChI is InChI=1S/C16H24N2O4S/c1-5-22-16(19)14-7-6-11(2)15(10-14)23(20,21)18-9-8-17-12(3)13(18)4/h6-7,10,12-13,17H,5,8-9H2,1-4H3. The van der Waals surface area contributed by atoms with Gasteiger partial charge in [-0.05, 0) is 45.4 Å². The molecule has 2 atom stereocenters. The monoisotopic (exact) mass is 340 g/mol. The molecule has 128 valence electrons. The third-order valence-electron chi connectivity index (χ3n) is 4.26. The Labute approximate surface area is 137 Å². The minimum Gasteiger partial charge on any atom is -0.462 e. The zero-order valence-corrected chi connectivity index (χ0v) is 14.8. The molecule has 1 aromatic rings. The van der Waals surface area contributed by atoms with E-state index in [1.165, 1.54) is 10.4 Å². The average molecular weight is 340 g/mol. The van der Waals surface area contributed by atoms with Gasteiger partial charge in [0.25, 0.3) is 0 Å². The topological polar surface area (TPSA) is 75.7 Å². The van der Waals surface area contributed by atoms with Crippen LogP contribution in [-0.2, 0) is 14.8 Å². The fraction of sp³-hybridized carbons (Fsp3) is 0.562. The number of carbonyl (C=O) groups is 1. The average Bonchev–Trinajstić information content (AvgIpc) is 2.50. The SMILES string of the molecule is CCOC(=O)c1ccc(C)c(S(=O)(=O)N2CCNC(C)C2C)c1. The number of esters is 1. The molecule has 1 aromatic carbocycles. The van der Waals surface area contributed by atoms with Gasteiger partial charge in [0.2, 0.25) is 10.0 Å². The second kappa shape index (κ2) is 6.98. The highest BCUT2D eigenvalue weighted by Crippen LogP contribution is 2.25. The van der Waals surface area contributed by atoms with Crippen molar-refractivity contribution in [3.63, 3.8) is 0 Å². The number of benzene rings is 1. The Morgan fingerprint density at radius 3 is 2.74 bits per heavy atom. The summed E-state index contributed by atoms with van der Waals surface area (Å²) in [6.45, 7) is 8.58. The zero-order valence-electron chi connectivity index (χ0n) is 14.0. The summed E-state index contributed by atoms with van der Waals surface area (Å²) in [5, 5.41) is 3.27. The molecule has 0 amide bonds. The van der Waals surface area contributed by atoms with Crippen LogP contribution in [0.1, 0.15) is 36.7 Å². The molecule has 0 aromatic heterocycles. The summed E-state index contributed by atoms with van der Waals surface area (Å²) in [5.41, 5.74) is 0.878. The number of hydrogen-bond acceptors (Lipinski definition) is 5. The van der Waals surface area contributed by atoms with Crippen LogP contribution < -0.4 is 5.32 Å². The summed E-state index contributed by atoms with van der Waals surface area (Å²) < 4.78 is 32.6. The van der Waals surface area contributed by atoms with E-state index in [9.17, 15) is 13.2 Å². The summed E-state index contributed by atoms with van der Waals surface area (Å²) >= 11 is 0. The summed E-state index contributed by atoms with van der Waals surface area (Å²) in [4.78, 5) is 12.1. The first kappa shape index (κ1) is 17.9. The number of ether oxygens (including phenoxy) is 1. The van der Waals surface area contributed by atoms with Gasteiger partial charge < -0.3 is 10.1 Å². The van der Waals surface area contributed by atoms with Crippen LogP contribution >= 0.6 is 0 Å². The van der Waals surface area contributed by atoms with Crippen molar-refractivity contribution >= 4 is 16.0 Å². The first-order chi connectivity index (χ1) is 10.8. The van der Waals surface area contributed by atoms with Gasteiger partial charge in [0.1, 0.15) is 0 Å². The van der Waals surface area contributed by atoms with E-state index in [2.05, 4.69) is 5.32 Å². The Morgan fingerprint density at radius 1 is 1.39 bits per heavy atom. The molecule has 0 saturated carbocycles. The second-order valence-corrected chi connectivity index (χ2v) is 7.66. The molecule has 2 rings (SSSR count). The largest absolute Gasteiger partial charge is 0.462 e. The van der Waals surface area contributed by atoms with Crippen LogP contribution in [0.3, 0.4) is 0 Å². The van der Waals surface area contributed by atoms with Crippen LogP contribution in [0.2, 0.25) is 0 Å². The number of hydrogen-bond donors (Lipinski definition) is 1. The molecule has 2 unspecified atom stereocenters. The molecule has 1 fully saturated rings. The van der Waals surface area contributed by atoms with Crippen molar-refractivity contribution in [1.29, 1.82) is 0 Å². The molecule has 7 heteroatoms. The molecular weight excluding hydrogens is 316 g/mol. The number of piperazine rings is 1. The Morgan fingerprint density at radius 2 is 2.09 bits per heavy atom. The molecule has 1 saturated heterocycles. The molecule has 6 nitrogen and oxygen atoms in total. The Hall–Kier alpha value is -1.44. The number of nitrogens with one attached hydrogen (secondary N) is 1. The summed E-state index contributed by atoms with van der Waals surface area (Å²) in [7, 11) is -3.66. The number of nitrogens with zero attached hydrogens (tertiary/aromatic N) is 1. The Bertz CT molecular complexity index is 687. The number of aryl methyl sites for hydroxylation is 1. The van der Waals surface area contributed by atoms with Gasteiger partial charge in [-0.25, -0.2) is 13.2 Å². The third-order valence-corrected chi connectivity index (χ3v) is 6.39. The summed E-state index contributed by atoms with van der Waals surface area (Å²) in [6, 6.07) is 4.58. The van der Waals surface area contributed by atoms with Gasteiger partial charge in [0.05, 0.1) is 17.1 Å². The highest BCUT2D eigenvalue weighted by molar-refractivity contribution is 7.89. The smallest absolute Gasteiger partial charge is 0.338 e. The van der Waals surface area contributed by atoms with Gasteiger partial charge in [-0.15, -0.1) is 0 Å². The predicted octanol–water partition coefficient (Wildman–Crippen LogP) is 1.54. The van der Waals surface area contributed by atoms with Crippen molar-refractivity contribution in [2.75, 3.05) is 19.7 Å². The lowest BCUT2D eigenvalue weighted by atomic mass is 10.1. The molecule has 1 heterocycles. The van der Waals surface area contributed by atoms with Gasteiger partial charge in [0.15, 0.2) is 0 Å². The molecule has 0 spiro atoms. The van der Waals surface area contributed by atoms with Crippen LogP contribution in [0.15, 0.2) is 23.1 Å². The van der Waals surface area contributed by atoms with E-state index < -0.39 is 16.0 Å². The van der Waals surface area contributed by atoms with Gasteiger partial charge in [-0.3, -0.25) is 0 Å². The first-order valence-corrected chi connectivity index (χ1v) is 9.26. The lowest BCUT2D eigenvalue weighted by Gasteiger charge is -2.37. The van der Waals surface area contributed by atoms with Crippen LogP contribution in [0.4, 0.5) is 0 Å². The number of rotatable bonds is 4. The molecule has 1 aliphatic rings.